The van der Waals surface area contributed by atoms with Crippen molar-refractivity contribution in [1.29, 1.82) is 0 Å². The van der Waals surface area contributed by atoms with Crippen molar-refractivity contribution in [3.8, 4) is 11.8 Å². The van der Waals surface area contributed by atoms with Gasteiger partial charge in [-0.2, -0.15) is 0 Å². The minimum absolute atomic E-state index is 0.214. The minimum atomic E-state index is -0.214. The Morgan fingerprint density at radius 3 is 2.70 bits per heavy atom. The van der Waals surface area contributed by atoms with Crippen molar-refractivity contribution in [3.63, 3.8) is 0 Å². The van der Waals surface area contributed by atoms with E-state index in [0.717, 1.165) is 11.1 Å². The molecule has 0 fully saturated rings. The third-order valence-electron chi connectivity index (χ3n) is 2.95. The summed E-state index contributed by atoms with van der Waals surface area (Å²) in [7, 11) is 1.87. The molecule has 20 heavy (non-hydrogen) atoms. The van der Waals surface area contributed by atoms with Gasteiger partial charge in [0.15, 0.2) is 0 Å². The Hall–Kier alpha value is -2.31. The second-order valence-electron chi connectivity index (χ2n) is 4.51. The van der Waals surface area contributed by atoms with Crippen LogP contribution in [0.1, 0.15) is 11.1 Å². The van der Waals surface area contributed by atoms with Gasteiger partial charge in [-0.3, -0.25) is 0 Å². The van der Waals surface area contributed by atoms with Crippen molar-refractivity contribution >= 4 is 5.69 Å². The highest BCUT2D eigenvalue weighted by Gasteiger charge is 2.07. The smallest absolute Gasteiger partial charge is 0.146 e. The Kier molecular flexibility index (Phi) is 4.75. The fraction of sp³-hybridized carbons (Fsp3) is 0.176. The molecule has 0 aromatic heterocycles. The number of nitrogens with zero attached hydrogens (tertiary/aromatic N) is 1. The number of hydrogen-bond acceptors (Lipinski definition) is 2. The van der Waals surface area contributed by atoms with Crippen molar-refractivity contribution in [3.05, 3.63) is 65.5 Å². The highest BCUT2D eigenvalue weighted by molar-refractivity contribution is 5.48. The molecule has 102 valence electrons. The maximum atomic E-state index is 13.7. The Labute approximate surface area is 119 Å². The molecule has 0 radical (unpaired) electrons. The summed E-state index contributed by atoms with van der Waals surface area (Å²) in [6, 6.07) is 14.7. The van der Waals surface area contributed by atoms with Gasteiger partial charge in [-0.05, 0) is 29.8 Å². The van der Waals surface area contributed by atoms with Crippen LogP contribution in [0.2, 0.25) is 0 Å². The Morgan fingerprint density at radius 2 is 1.95 bits per heavy atom. The van der Waals surface area contributed by atoms with Gasteiger partial charge in [0.2, 0.25) is 0 Å². The monoisotopic (exact) mass is 268 g/mol. The van der Waals surface area contributed by atoms with Crippen molar-refractivity contribution in [2.24, 2.45) is 5.73 Å². The summed E-state index contributed by atoms with van der Waals surface area (Å²) in [5.74, 6) is 5.62. The van der Waals surface area contributed by atoms with Crippen molar-refractivity contribution in [2.75, 3.05) is 18.5 Å². The van der Waals surface area contributed by atoms with Gasteiger partial charge in [0.05, 0.1) is 12.2 Å². The predicted molar refractivity (Wildman–Crippen MR) is 80.9 cm³/mol. The van der Waals surface area contributed by atoms with E-state index in [1.165, 1.54) is 6.07 Å². The normalized spacial score (nSPS) is 9.75. The summed E-state index contributed by atoms with van der Waals surface area (Å²) in [6.45, 7) is 0.971. The van der Waals surface area contributed by atoms with Gasteiger partial charge in [-0.15, -0.1) is 0 Å². The van der Waals surface area contributed by atoms with Gasteiger partial charge in [-0.1, -0.05) is 36.1 Å². The summed E-state index contributed by atoms with van der Waals surface area (Å²) in [5, 5.41) is 0. The van der Waals surface area contributed by atoms with Crippen LogP contribution in [0, 0.1) is 17.7 Å². The fourth-order valence-corrected chi connectivity index (χ4v) is 2.02. The van der Waals surface area contributed by atoms with Crippen molar-refractivity contribution in [2.45, 2.75) is 6.54 Å². The Morgan fingerprint density at radius 1 is 1.15 bits per heavy atom. The molecular formula is C17H17FN2. The van der Waals surface area contributed by atoms with Crippen LogP contribution < -0.4 is 10.6 Å². The van der Waals surface area contributed by atoms with Gasteiger partial charge in [0, 0.05) is 19.2 Å². The maximum absolute atomic E-state index is 13.7. The summed E-state index contributed by atoms with van der Waals surface area (Å²) in [5.41, 5.74) is 7.96. The number of halogens is 1. The number of nitrogens with two attached hydrogens (primary N) is 1. The van der Waals surface area contributed by atoms with E-state index in [2.05, 4.69) is 11.8 Å². The second-order valence-corrected chi connectivity index (χ2v) is 4.51. The van der Waals surface area contributed by atoms with E-state index in [4.69, 9.17) is 5.73 Å². The number of hydrogen-bond donors (Lipinski definition) is 1. The first kappa shape index (κ1) is 14.1. The Bertz CT molecular complexity index is 641. The van der Waals surface area contributed by atoms with Crippen LogP contribution in [0.25, 0.3) is 0 Å². The van der Waals surface area contributed by atoms with Gasteiger partial charge < -0.3 is 10.6 Å². The largest absolute Gasteiger partial charge is 0.368 e. The molecule has 0 aliphatic rings. The van der Waals surface area contributed by atoms with E-state index < -0.39 is 0 Å². The molecule has 2 rings (SSSR count). The van der Waals surface area contributed by atoms with Crippen LogP contribution in [0.5, 0.6) is 0 Å². The molecule has 0 bridgehead atoms. The zero-order valence-electron chi connectivity index (χ0n) is 11.4. The number of benzene rings is 2. The van der Waals surface area contributed by atoms with Gasteiger partial charge in [-0.25, -0.2) is 4.39 Å². The number of rotatable bonds is 3. The molecule has 0 saturated carbocycles. The van der Waals surface area contributed by atoms with Crippen LogP contribution in [-0.2, 0) is 6.54 Å². The topological polar surface area (TPSA) is 29.3 Å². The molecule has 0 unspecified atom stereocenters. The summed E-state index contributed by atoms with van der Waals surface area (Å²) in [4.78, 5) is 1.88. The molecule has 0 aliphatic carbocycles. The first-order chi connectivity index (χ1) is 9.70. The Balaban J connectivity index is 2.16. The lowest BCUT2D eigenvalue weighted by molar-refractivity contribution is 0.622. The molecule has 0 aliphatic heterocycles. The maximum Gasteiger partial charge on any atom is 0.146 e. The van der Waals surface area contributed by atoms with E-state index in [0.29, 0.717) is 18.8 Å². The molecular weight excluding hydrogens is 251 g/mol. The van der Waals surface area contributed by atoms with Gasteiger partial charge >= 0.3 is 0 Å². The lowest BCUT2D eigenvalue weighted by atomic mass is 10.1. The van der Waals surface area contributed by atoms with Gasteiger partial charge in [0.25, 0.3) is 0 Å². The van der Waals surface area contributed by atoms with E-state index >= 15 is 0 Å². The third kappa shape index (κ3) is 3.59. The van der Waals surface area contributed by atoms with E-state index in [1.54, 1.807) is 12.1 Å². The van der Waals surface area contributed by atoms with E-state index in [-0.39, 0.29) is 5.82 Å². The van der Waals surface area contributed by atoms with Gasteiger partial charge in [0.1, 0.15) is 5.82 Å². The fourth-order valence-electron chi connectivity index (χ4n) is 2.02. The van der Waals surface area contributed by atoms with Crippen molar-refractivity contribution < 1.29 is 4.39 Å². The van der Waals surface area contributed by atoms with Crippen LogP contribution in [-0.4, -0.2) is 13.6 Å². The van der Waals surface area contributed by atoms with Crippen molar-refractivity contribution in [1.82, 2.24) is 0 Å². The highest BCUT2D eigenvalue weighted by atomic mass is 19.1. The minimum Gasteiger partial charge on any atom is -0.368 e. The first-order valence-corrected chi connectivity index (χ1v) is 6.44. The summed E-state index contributed by atoms with van der Waals surface area (Å²) < 4.78 is 13.7. The molecule has 2 N–H and O–H groups in total. The zero-order chi connectivity index (χ0) is 14.4. The van der Waals surface area contributed by atoms with Crippen LogP contribution in [0.15, 0.2) is 48.5 Å². The quantitative estimate of drug-likeness (QED) is 0.867. The molecule has 0 heterocycles. The third-order valence-corrected chi connectivity index (χ3v) is 2.95. The number of anilines is 1. The molecule has 0 saturated heterocycles. The van der Waals surface area contributed by atoms with Crippen LogP contribution in [0.4, 0.5) is 10.1 Å². The lowest BCUT2D eigenvalue weighted by Crippen LogP contribution is -2.17. The average Bonchev–Trinajstić information content (AvgIpc) is 2.46. The first-order valence-electron chi connectivity index (χ1n) is 6.44. The molecule has 2 aromatic carbocycles. The summed E-state index contributed by atoms with van der Waals surface area (Å²) in [6.07, 6.45) is 0. The zero-order valence-corrected chi connectivity index (χ0v) is 11.4. The van der Waals surface area contributed by atoms with Crippen LogP contribution in [0.3, 0.4) is 0 Å². The molecule has 0 amide bonds. The molecule has 3 heteroatoms. The highest BCUT2D eigenvalue weighted by Crippen LogP contribution is 2.19. The standard InChI is InChI=1S/C17H17FN2/c1-20(17-10-3-2-9-16(17)18)13-15-7-4-6-14(12-15)8-5-11-19/h2-4,6-7,9-10,12H,11,13,19H2,1H3. The molecule has 2 aromatic rings. The van der Waals surface area contributed by atoms with Crippen LogP contribution >= 0.6 is 0 Å². The molecule has 0 spiro atoms. The number of para-hydroxylation sites is 1. The molecule has 0 atom stereocenters. The SMILES string of the molecule is CN(Cc1cccc(C#CCN)c1)c1ccccc1F. The molecule has 2 nitrogen and oxygen atoms in total. The second kappa shape index (κ2) is 6.74. The summed E-state index contributed by atoms with van der Waals surface area (Å²) >= 11 is 0. The van der Waals surface area contributed by atoms with E-state index in [1.807, 2.05) is 42.3 Å². The predicted octanol–water partition coefficient (Wildman–Crippen LogP) is 2.77. The lowest BCUT2D eigenvalue weighted by Gasteiger charge is -2.20. The van der Waals surface area contributed by atoms with E-state index in [9.17, 15) is 4.39 Å². The average molecular weight is 268 g/mol.